The van der Waals surface area contributed by atoms with Crippen LogP contribution >= 0.6 is 23.2 Å². The van der Waals surface area contributed by atoms with Gasteiger partial charge in [0.2, 0.25) is 10.0 Å². The number of benzene rings is 2. The van der Waals surface area contributed by atoms with E-state index in [4.69, 9.17) is 23.2 Å². The summed E-state index contributed by atoms with van der Waals surface area (Å²) in [4.78, 5) is 12.3. The normalized spacial score (nSPS) is 12.0. The molecule has 0 radical (unpaired) electrons. The first kappa shape index (κ1) is 18.8. The van der Waals surface area contributed by atoms with E-state index in [0.29, 0.717) is 22.5 Å². The molecule has 1 aromatic heterocycles. The third-order valence-corrected chi connectivity index (χ3v) is 6.29. The lowest BCUT2D eigenvalue weighted by Gasteiger charge is -2.12. The summed E-state index contributed by atoms with van der Waals surface area (Å²) in [7, 11) is -3.57. The van der Waals surface area contributed by atoms with Gasteiger partial charge in [-0.25, -0.2) is 8.42 Å². The summed E-state index contributed by atoms with van der Waals surface area (Å²) in [6.45, 7) is 3.54. The summed E-state index contributed by atoms with van der Waals surface area (Å²) in [6.07, 6.45) is 0. The molecular weight excluding hydrogens is 397 g/mol. The molecule has 0 amide bonds. The van der Waals surface area contributed by atoms with Gasteiger partial charge in [-0.05, 0) is 43.7 Å². The van der Waals surface area contributed by atoms with Crippen LogP contribution in [0.1, 0.15) is 19.4 Å². The van der Waals surface area contributed by atoms with Crippen LogP contribution in [-0.2, 0) is 16.6 Å². The fourth-order valence-corrected chi connectivity index (χ4v) is 3.56. The fraction of sp³-hybridized carbons (Fsp3) is 0.235. The molecule has 0 bridgehead atoms. The first-order chi connectivity index (χ1) is 12.2. The molecule has 0 atom stereocenters. The summed E-state index contributed by atoms with van der Waals surface area (Å²) in [5.74, 6) is 0. The van der Waals surface area contributed by atoms with E-state index in [1.54, 1.807) is 36.7 Å². The number of hydrogen-bond acceptors (Lipinski definition) is 3. The molecule has 6 nitrogen and oxygen atoms in total. The van der Waals surface area contributed by atoms with Gasteiger partial charge in [-0.15, -0.1) is 0 Å². The van der Waals surface area contributed by atoms with Crippen molar-refractivity contribution in [3.05, 3.63) is 62.4 Å². The van der Waals surface area contributed by atoms with E-state index in [1.807, 2.05) is 12.1 Å². The Balaban J connectivity index is 2.03. The summed E-state index contributed by atoms with van der Waals surface area (Å²) < 4.78 is 28.2. The van der Waals surface area contributed by atoms with Crippen molar-refractivity contribution in [2.75, 3.05) is 4.72 Å². The molecule has 0 fully saturated rings. The largest absolute Gasteiger partial charge is 0.282 e. The van der Waals surface area contributed by atoms with Crippen LogP contribution in [0.15, 0.2) is 41.2 Å². The predicted molar refractivity (Wildman–Crippen MR) is 106 cm³/mol. The van der Waals surface area contributed by atoms with Crippen molar-refractivity contribution in [2.45, 2.75) is 25.6 Å². The van der Waals surface area contributed by atoms with Crippen molar-refractivity contribution in [1.82, 2.24) is 9.78 Å². The highest BCUT2D eigenvalue weighted by Gasteiger charge is 2.19. The molecule has 2 aromatic carbocycles. The fourth-order valence-electron chi connectivity index (χ4n) is 2.46. The Bertz CT molecular complexity index is 1120. The Morgan fingerprint density at radius 3 is 2.42 bits per heavy atom. The molecule has 138 valence electrons. The highest BCUT2D eigenvalue weighted by atomic mass is 35.5. The van der Waals surface area contributed by atoms with Crippen molar-refractivity contribution < 1.29 is 8.42 Å². The summed E-state index contributed by atoms with van der Waals surface area (Å²) in [5.41, 5.74) is 1.39. The average Bonchev–Trinajstić information content (AvgIpc) is 2.85. The molecule has 0 spiro atoms. The maximum absolute atomic E-state index is 12.3. The van der Waals surface area contributed by atoms with E-state index in [2.05, 4.69) is 9.82 Å². The van der Waals surface area contributed by atoms with Gasteiger partial charge in [-0.1, -0.05) is 35.3 Å². The molecule has 0 aliphatic heterocycles. The molecule has 3 aromatic rings. The molecular formula is C17H17Cl2N3O3S. The third kappa shape index (κ3) is 3.75. The van der Waals surface area contributed by atoms with Gasteiger partial charge in [0.15, 0.2) is 0 Å². The van der Waals surface area contributed by atoms with Crippen LogP contribution in [0.2, 0.25) is 10.0 Å². The molecule has 3 rings (SSSR count). The van der Waals surface area contributed by atoms with Crippen LogP contribution < -0.4 is 10.3 Å². The first-order valence-corrected chi connectivity index (χ1v) is 10.2. The van der Waals surface area contributed by atoms with E-state index in [0.717, 1.165) is 5.56 Å². The van der Waals surface area contributed by atoms with Crippen LogP contribution in [0.4, 0.5) is 5.69 Å². The molecule has 0 saturated heterocycles. The molecule has 2 N–H and O–H groups in total. The molecule has 0 aliphatic rings. The second-order valence-electron chi connectivity index (χ2n) is 6.20. The minimum absolute atomic E-state index is 0.183. The highest BCUT2D eigenvalue weighted by molar-refractivity contribution is 7.93. The highest BCUT2D eigenvalue weighted by Crippen LogP contribution is 2.28. The average molecular weight is 414 g/mol. The van der Waals surface area contributed by atoms with Crippen LogP contribution in [-0.4, -0.2) is 23.4 Å². The molecule has 26 heavy (non-hydrogen) atoms. The van der Waals surface area contributed by atoms with Gasteiger partial charge in [0.25, 0.3) is 5.56 Å². The molecule has 1 heterocycles. The lowest BCUT2D eigenvalue weighted by atomic mass is 10.2. The Labute approximate surface area is 160 Å². The Hall–Kier alpha value is -1.96. The van der Waals surface area contributed by atoms with Crippen molar-refractivity contribution in [2.24, 2.45) is 0 Å². The number of aromatic nitrogens is 2. The zero-order valence-electron chi connectivity index (χ0n) is 14.1. The molecule has 9 heteroatoms. The monoisotopic (exact) mass is 413 g/mol. The van der Waals surface area contributed by atoms with Crippen molar-refractivity contribution >= 4 is 49.8 Å². The standard InChI is InChI=1S/C17H17Cl2N3O3S/c1-10(2)26(24,25)21-15-7-13-16(8-14(15)19)22(20-17(13)23)9-11-3-5-12(18)6-4-11/h3-8,10,21H,9H2,1-2H3,(H,20,23). The van der Waals surface area contributed by atoms with Gasteiger partial charge in [-0.2, -0.15) is 0 Å². The van der Waals surface area contributed by atoms with Crippen LogP contribution in [0.25, 0.3) is 10.9 Å². The van der Waals surface area contributed by atoms with Crippen LogP contribution in [0, 0.1) is 0 Å². The summed E-state index contributed by atoms with van der Waals surface area (Å²) >= 11 is 12.1. The summed E-state index contributed by atoms with van der Waals surface area (Å²) in [5, 5.41) is 3.32. The third-order valence-electron chi connectivity index (χ3n) is 3.98. The van der Waals surface area contributed by atoms with Gasteiger partial charge < -0.3 is 0 Å². The second-order valence-corrected chi connectivity index (χ2v) is 9.28. The quantitative estimate of drug-likeness (QED) is 0.666. The number of rotatable bonds is 5. The number of sulfonamides is 1. The van der Waals surface area contributed by atoms with E-state index in [9.17, 15) is 13.2 Å². The number of nitrogens with one attached hydrogen (secondary N) is 2. The SMILES string of the molecule is CC(C)S(=O)(=O)Nc1cc2c(=O)[nH]n(Cc3ccc(Cl)cc3)c2cc1Cl. The van der Waals surface area contributed by atoms with Crippen molar-refractivity contribution in [1.29, 1.82) is 0 Å². The molecule has 0 unspecified atom stereocenters. The lowest BCUT2D eigenvalue weighted by Crippen LogP contribution is -2.22. The number of fused-ring (bicyclic) bond motifs is 1. The number of nitrogens with zero attached hydrogens (tertiary/aromatic N) is 1. The Morgan fingerprint density at radius 1 is 1.15 bits per heavy atom. The van der Waals surface area contributed by atoms with Gasteiger partial charge in [-0.3, -0.25) is 19.3 Å². The summed E-state index contributed by atoms with van der Waals surface area (Å²) in [6, 6.07) is 10.3. The topological polar surface area (TPSA) is 84.0 Å². The van der Waals surface area contributed by atoms with Crippen molar-refractivity contribution in [3.63, 3.8) is 0 Å². The van der Waals surface area contributed by atoms with E-state index < -0.39 is 15.3 Å². The van der Waals surface area contributed by atoms with E-state index >= 15 is 0 Å². The smallest absolute Gasteiger partial charge is 0.272 e. The van der Waals surface area contributed by atoms with Crippen LogP contribution in [0.3, 0.4) is 0 Å². The number of hydrogen-bond donors (Lipinski definition) is 2. The van der Waals surface area contributed by atoms with Gasteiger partial charge in [0, 0.05) is 5.02 Å². The Morgan fingerprint density at radius 2 is 1.81 bits per heavy atom. The van der Waals surface area contributed by atoms with Gasteiger partial charge in [0.05, 0.1) is 33.4 Å². The van der Waals surface area contributed by atoms with Gasteiger partial charge in [0.1, 0.15) is 0 Å². The number of H-pyrrole nitrogens is 1. The van der Waals surface area contributed by atoms with Crippen LogP contribution in [0.5, 0.6) is 0 Å². The zero-order valence-corrected chi connectivity index (χ0v) is 16.4. The number of anilines is 1. The minimum atomic E-state index is -3.57. The van der Waals surface area contributed by atoms with Gasteiger partial charge >= 0.3 is 0 Å². The minimum Gasteiger partial charge on any atom is -0.282 e. The number of aromatic amines is 1. The molecule has 0 aliphatic carbocycles. The maximum Gasteiger partial charge on any atom is 0.272 e. The maximum atomic E-state index is 12.3. The first-order valence-electron chi connectivity index (χ1n) is 7.85. The Kier molecular flexibility index (Phi) is 5.05. The second kappa shape index (κ2) is 6.98. The van der Waals surface area contributed by atoms with E-state index in [1.165, 1.54) is 6.07 Å². The van der Waals surface area contributed by atoms with E-state index in [-0.39, 0.29) is 16.3 Å². The lowest BCUT2D eigenvalue weighted by molar-refractivity contribution is 0.593. The zero-order chi connectivity index (χ0) is 19.1. The van der Waals surface area contributed by atoms with Crippen molar-refractivity contribution in [3.8, 4) is 0 Å². The number of halogens is 2. The predicted octanol–water partition coefficient (Wildman–Crippen LogP) is 3.83. The molecule has 0 saturated carbocycles.